The van der Waals surface area contributed by atoms with E-state index in [1.54, 1.807) is 11.3 Å². The number of aromatic nitrogens is 6. The smallest absolute Gasteiger partial charge is 0.296 e. The van der Waals surface area contributed by atoms with Crippen molar-refractivity contribution in [3.8, 4) is 22.5 Å². The molecule has 212 valence electrons. The number of benzene rings is 2. The van der Waals surface area contributed by atoms with Gasteiger partial charge in [0.05, 0.1) is 12.2 Å². The molecule has 0 atom stereocenters. The first-order chi connectivity index (χ1) is 19.9. The van der Waals surface area contributed by atoms with Crippen LogP contribution in [-0.4, -0.2) is 29.9 Å². The number of nitrogens with zero attached hydrogens (tertiary/aromatic N) is 5. The van der Waals surface area contributed by atoms with Crippen LogP contribution in [0.5, 0.6) is 0 Å². The summed E-state index contributed by atoms with van der Waals surface area (Å²) in [5, 5.41) is 14.3. The summed E-state index contributed by atoms with van der Waals surface area (Å²) in [6.45, 7) is 8.79. The minimum Gasteiger partial charge on any atom is -0.296 e. The van der Waals surface area contributed by atoms with Gasteiger partial charge in [-0.3, -0.25) is 18.9 Å². The molecule has 0 saturated carbocycles. The Kier molecular flexibility index (Phi) is 8.68. The zero-order valence-corrected chi connectivity index (χ0v) is 24.6. The largest absolute Gasteiger partial charge is 0.439 e. The van der Waals surface area contributed by atoms with Crippen LogP contribution in [0, 0.1) is 0 Å². The van der Waals surface area contributed by atoms with E-state index < -0.39 is 5.76 Å². The van der Waals surface area contributed by atoms with Crippen LogP contribution in [-0.2, 0) is 25.8 Å². The van der Waals surface area contributed by atoms with Gasteiger partial charge >= 0.3 is 5.76 Å². The number of nitrogens with one attached hydrogen (secondary N) is 1. The lowest BCUT2D eigenvalue weighted by atomic mass is 9.98. The van der Waals surface area contributed by atoms with Crippen LogP contribution in [0.15, 0.2) is 62.6 Å². The average molecular weight is 571 g/mol. The summed E-state index contributed by atoms with van der Waals surface area (Å²) in [5.41, 5.74) is 5.18. The first-order valence-corrected chi connectivity index (χ1v) is 14.9. The van der Waals surface area contributed by atoms with E-state index in [4.69, 9.17) is 9.51 Å². The van der Waals surface area contributed by atoms with Gasteiger partial charge < -0.3 is 0 Å². The Labute approximate surface area is 242 Å². The Morgan fingerprint density at radius 1 is 0.976 bits per heavy atom. The van der Waals surface area contributed by atoms with E-state index in [0.717, 1.165) is 69.5 Å². The van der Waals surface area contributed by atoms with E-state index in [1.807, 2.05) is 53.1 Å². The first-order valence-electron chi connectivity index (χ1n) is 14.1. The Bertz CT molecular complexity index is 1750. The van der Waals surface area contributed by atoms with Gasteiger partial charge in [0.15, 0.2) is 5.82 Å². The van der Waals surface area contributed by atoms with E-state index in [-0.39, 0.29) is 11.5 Å². The number of aromatic amines is 1. The van der Waals surface area contributed by atoms with Gasteiger partial charge in [0, 0.05) is 24.0 Å². The fourth-order valence-electron chi connectivity index (χ4n) is 4.90. The molecule has 10 heteroatoms. The molecule has 41 heavy (non-hydrogen) atoms. The number of hydrogen-bond donors (Lipinski definition) is 1. The molecule has 9 nitrogen and oxygen atoms in total. The minimum absolute atomic E-state index is 0.00698. The molecule has 0 radical (unpaired) electrons. The van der Waals surface area contributed by atoms with Crippen molar-refractivity contribution in [2.75, 3.05) is 0 Å². The second-order valence-corrected chi connectivity index (χ2v) is 11.5. The molecule has 0 aliphatic carbocycles. The van der Waals surface area contributed by atoms with Gasteiger partial charge in [-0.05, 0) is 35.4 Å². The van der Waals surface area contributed by atoms with Crippen LogP contribution in [0.1, 0.15) is 79.1 Å². The maximum atomic E-state index is 14.1. The topological polar surface area (TPSA) is 120 Å². The summed E-state index contributed by atoms with van der Waals surface area (Å²) in [6.07, 6.45) is 3.98. The van der Waals surface area contributed by atoms with Gasteiger partial charge in [-0.1, -0.05) is 87.8 Å². The fraction of sp³-hybridized carbons (Fsp3) is 0.355. The molecule has 0 aliphatic rings. The SMILES string of the molecule is CCCCc1nc(C(C)C)c(Cc2nnc(CC)s2)c(=O)n1Cc1ccc(-c2ccccc2-c2noc(=O)[nH]2)cc1. The van der Waals surface area contributed by atoms with Crippen molar-refractivity contribution in [3.63, 3.8) is 0 Å². The predicted molar refractivity (Wildman–Crippen MR) is 160 cm³/mol. The minimum atomic E-state index is -0.595. The summed E-state index contributed by atoms with van der Waals surface area (Å²) in [6, 6.07) is 15.8. The van der Waals surface area contributed by atoms with Crippen molar-refractivity contribution < 1.29 is 4.52 Å². The summed E-state index contributed by atoms with van der Waals surface area (Å²) in [4.78, 5) is 33.3. The van der Waals surface area contributed by atoms with Crippen LogP contribution in [0.3, 0.4) is 0 Å². The Morgan fingerprint density at radius 2 is 1.71 bits per heavy atom. The number of rotatable bonds is 11. The quantitative estimate of drug-likeness (QED) is 0.214. The molecule has 0 aliphatic heterocycles. The zero-order valence-electron chi connectivity index (χ0n) is 23.8. The van der Waals surface area contributed by atoms with Crippen molar-refractivity contribution in [3.05, 3.63) is 102 Å². The van der Waals surface area contributed by atoms with Gasteiger partial charge in [0.25, 0.3) is 5.56 Å². The normalized spacial score (nSPS) is 11.4. The molecule has 0 unspecified atom stereocenters. The molecule has 0 amide bonds. The predicted octanol–water partition coefficient (Wildman–Crippen LogP) is 5.77. The lowest BCUT2D eigenvalue weighted by Gasteiger charge is -2.19. The van der Waals surface area contributed by atoms with Crippen LogP contribution >= 0.6 is 11.3 Å². The number of H-pyrrole nitrogens is 1. The van der Waals surface area contributed by atoms with Crippen molar-refractivity contribution in [2.45, 2.75) is 72.3 Å². The molecular formula is C31H34N6O3S. The van der Waals surface area contributed by atoms with E-state index in [0.29, 0.717) is 24.4 Å². The molecule has 5 rings (SSSR count). The van der Waals surface area contributed by atoms with Crippen LogP contribution < -0.4 is 11.3 Å². The Hall–Kier alpha value is -4.18. The summed E-state index contributed by atoms with van der Waals surface area (Å²) >= 11 is 1.56. The molecule has 0 spiro atoms. The molecule has 3 aromatic heterocycles. The monoisotopic (exact) mass is 570 g/mol. The molecule has 5 aromatic rings. The maximum absolute atomic E-state index is 14.1. The molecule has 1 N–H and O–H groups in total. The van der Waals surface area contributed by atoms with E-state index >= 15 is 0 Å². The van der Waals surface area contributed by atoms with Gasteiger partial charge in [-0.15, -0.1) is 21.5 Å². The third-order valence-corrected chi connectivity index (χ3v) is 8.11. The van der Waals surface area contributed by atoms with Gasteiger partial charge in [0.1, 0.15) is 15.8 Å². The van der Waals surface area contributed by atoms with E-state index in [9.17, 15) is 9.59 Å². The van der Waals surface area contributed by atoms with E-state index in [1.165, 1.54) is 0 Å². The van der Waals surface area contributed by atoms with E-state index in [2.05, 4.69) is 48.0 Å². The Morgan fingerprint density at radius 3 is 2.34 bits per heavy atom. The van der Waals surface area contributed by atoms with Crippen LogP contribution in [0.25, 0.3) is 22.5 Å². The first kappa shape index (κ1) is 28.4. The van der Waals surface area contributed by atoms with Crippen molar-refractivity contribution >= 4 is 11.3 Å². The molecule has 0 bridgehead atoms. The zero-order chi connectivity index (χ0) is 28.9. The molecular weight excluding hydrogens is 536 g/mol. The summed E-state index contributed by atoms with van der Waals surface area (Å²) in [5.74, 6) is 0.723. The highest BCUT2D eigenvalue weighted by Crippen LogP contribution is 2.30. The molecule has 0 fully saturated rings. The fourth-order valence-corrected chi connectivity index (χ4v) is 5.70. The van der Waals surface area contributed by atoms with Crippen LogP contribution in [0.4, 0.5) is 0 Å². The lowest BCUT2D eigenvalue weighted by Crippen LogP contribution is -2.31. The lowest BCUT2D eigenvalue weighted by molar-refractivity contribution is 0.388. The van der Waals surface area contributed by atoms with Crippen molar-refractivity contribution in [1.29, 1.82) is 0 Å². The molecule has 2 aromatic carbocycles. The van der Waals surface area contributed by atoms with Gasteiger partial charge in [-0.2, -0.15) is 0 Å². The highest BCUT2D eigenvalue weighted by Gasteiger charge is 2.21. The number of aryl methyl sites for hydroxylation is 2. The highest BCUT2D eigenvalue weighted by molar-refractivity contribution is 7.11. The highest BCUT2D eigenvalue weighted by atomic mass is 32.1. The van der Waals surface area contributed by atoms with Crippen molar-refractivity contribution in [1.82, 2.24) is 29.9 Å². The van der Waals surface area contributed by atoms with Gasteiger partial charge in [0.2, 0.25) is 0 Å². The maximum Gasteiger partial charge on any atom is 0.439 e. The Balaban J connectivity index is 1.51. The van der Waals surface area contributed by atoms with Crippen LogP contribution in [0.2, 0.25) is 0 Å². The second-order valence-electron chi connectivity index (χ2n) is 10.3. The number of hydrogen-bond acceptors (Lipinski definition) is 8. The van der Waals surface area contributed by atoms with Crippen molar-refractivity contribution in [2.24, 2.45) is 0 Å². The second kappa shape index (κ2) is 12.6. The average Bonchev–Trinajstić information content (AvgIpc) is 3.63. The third kappa shape index (κ3) is 6.27. The standard InChI is InChI=1S/C31H34N6O3S/c1-5-7-12-25-32-28(19(3)4)24(17-27-35-34-26(6-2)41-27)30(38)37(25)18-20-13-15-21(16-14-20)22-10-8-9-11-23(22)29-33-31(39)40-36-29/h8-11,13-16,19H,5-7,12,17-18H2,1-4H3,(H,33,36,39). The number of unbranched alkanes of at least 4 members (excludes halogenated alkanes) is 1. The summed E-state index contributed by atoms with van der Waals surface area (Å²) < 4.78 is 6.55. The molecule has 0 saturated heterocycles. The molecule has 3 heterocycles. The van der Waals surface area contributed by atoms with Gasteiger partial charge in [-0.25, -0.2) is 9.78 Å². The summed E-state index contributed by atoms with van der Waals surface area (Å²) in [7, 11) is 0. The third-order valence-electron chi connectivity index (χ3n) is 7.04.